The summed E-state index contributed by atoms with van der Waals surface area (Å²) < 4.78 is 11.2. The van der Waals surface area contributed by atoms with E-state index in [4.69, 9.17) is 9.47 Å². The highest BCUT2D eigenvalue weighted by Gasteiger charge is 2.18. The zero-order valence-corrected chi connectivity index (χ0v) is 23.0. The van der Waals surface area contributed by atoms with Crippen LogP contribution in [-0.2, 0) is 12.8 Å². The first kappa shape index (κ1) is 28.8. The van der Waals surface area contributed by atoms with Crippen LogP contribution >= 0.6 is 0 Å². The second-order valence-electron chi connectivity index (χ2n) is 8.77. The molecule has 0 heterocycles. The van der Waals surface area contributed by atoms with Gasteiger partial charge in [-0.05, 0) is 70.5 Å². The van der Waals surface area contributed by atoms with Gasteiger partial charge in [-0.3, -0.25) is 0 Å². The molecule has 0 radical (unpaired) electrons. The van der Waals surface area contributed by atoms with Crippen LogP contribution < -0.4 is 9.47 Å². The van der Waals surface area contributed by atoms with Gasteiger partial charge in [-0.1, -0.05) is 97.9 Å². The van der Waals surface area contributed by atoms with E-state index in [1.807, 2.05) is 13.8 Å². The molecule has 184 valence electrons. The Balaban J connectivity index is 0.00000101. The maximum Gasteiger partial charge on any atom is 0.161 e. The van der Waals surface area contributed by atoms with Crippen LogP contribution in [0.15, 0.2) is 30.3 Å². The largest absolute Gasteiger partial charge is 0.493 e. The Morgan fingerprint density at radius 2 is 1.30 bits per heavy atom. The lowest BCUT2D eigenvalue weighted by atomic mass is 9.84. The molecule has 0 bridgehead atoms. The number of rotatable bonds is 8. The monoisotopic (exact) mass is 452 g/mol. The highest BCUT2D eigenvalue weighted by Crippen LogP contribution is 2.41. The van der Waals surface area contributed by atoms with Crippen molar-refractivity contribution in [3.05, 3.63) is 47.0 Å². The average molecular weight is 453 g/mol. The number of hydrogen-bond acceptors (Lipinski definition) is 2. The van der Waals surface area contributed by atoms with Crippen molar-refractivity contribution < 1.29 is 9.47 Å². The molecule has 0 unspecified atom stereocenters. The molecule has 0 N–H and O–H groups in total. The van der Waals surface area contributed by atoms with E-state index in [-0.39, 0.29) is 0 Å². The third-order valence-corrected chi connectivity index (χ3v) is 5.96. The van der Waals surface area contributed by atoms with Crippen LogP contribution in [-0.4, -0.2) is 14.2 Å². The van der Waals surface area contributed by atoms with Crippen molar-refractivity contribution in [2.24, 2.45) is 5.92 Å². The third kappa shape index (κ3) is 7.13. The molecule has 33 heavy (non-hydrogen) atoms. The number of aryl methyl sites for hydroxylation is 2. The first-order chi connectivity index (χ1) is 15.9. The van der Waals surface area contributed by atoms with Gasteiger partial charge in [0.05, 0.1) is 14.2 Å². The summed E-state index contributed by atoms with van der Waals surface area (Å²) in [6.07, 6.45) is 7.26. The fraction of sp³-hybridized carbons (Fsp3) is 0.548. The van der Waals surface area contributed by atoms with E-state index < -0.39 is 0 Å². The summed E-state index contributed by atoms with van der Waals surface area (Å²) >= 11 is 0. The molecule has 0 aromatic heterocycles. The maximum atomic E-state index is 5.63. The van der Waals surface area contributed by atoms with Crippen LogP contribution in [0.1, 0.15) is 90.8 Å². The number of fused-ring (bicyclic) bond motifs is 3. The van der Waals surface area contributed by atoms with Gasteiger partial charge < -0.3 is 9.47 Å². The smallest absolute Gasteiger partial charge is 0.161 e. The van der Waals surface area contributed by atoms with Crippen molar-refractivity contribution in [2.45, 2.75) is 93.9 Å². The number of methoxy groups -OCH3 is 2. The zero-order valence-electron chi connectivity index (χ0n) is 23.0. The van der Waals surface area contributed by atoms with Gasteiger partial charge in [-0.2, -0.15) is 0 Å². The van der Waals surface area contributed by atoms with Crippen molar-refractivity contribution in [2.75, 3.05) is 14.2 Å². The van der Waals surface area contributed by atoms with Crippen LogP contribution in [0.25, 0.3) is 21.5 Å². The van der Waals surface area contributed by atoms with E-state index in [0.717, 1.165) is 24.3 Å². The standard InChI is InChI=1S/C26H34O2.C3H8.C2H6/c1-7-9-10-17(3)13-21-19(8-2)23-15-25(27-5)26(28-6)16-24(23)22-14-18(4)11-12-20(21)22;1-3-2;1-2/h11-12,14-17H,7-10,13H2,1-6H3;3H2,1-2H3;1-2H3/t17-;;/m0../s1. The van der Waals surface area contributed by atoms with Crippen molar-refractivity contribution in [1.29, 1.82) is 0 Å². The maximum absolute atomic E-state index is 5.63. The predicted molar refractivity (Wildman–Crippen MR) is 148 cm³/mol. The van der Waals surface area contributed by atoms with Crippen LogP contribution in [0.4, 0.5) is 0 Å². The van der Waals surface area contributed by atoms with Crippen molar-refractivity contribution in [3.8, 4) is 11.5 Å². The second-order valence-corrected chi connectivity index (χ2v) is 8.77. The minimum atomic E-state index is 0.687. The highest BCUT2D eigenvalue weighted by atomic mass is 16.5. The van der Waals surface area contributed by atoms with Crippen LogP contribution in [0, 0.1) is 12.8 Å². The fourth-order valence-corrected chi connectivity index (χ4v) is 4.46. The molecule has 3 aromatic rings. The van der Waals surface area contributed by atoms with Gasteiger partial charge >= 0.3 is 0 Å². The van der Waals surface area contributed by atoms with E-state index in [9.17, 15) is 0 Å². The Kier molecular flexibility index (Phi) is 13.0. The molecule has 0 spiro atoms. The van der Waals surface area contributed by atoms with Gasteiger partial charge in [0.15, 0.2) is 11.5 Å². The van der Waals surface area contributed by atoms with Crippen molar-refractivity contribution in [3.63, 3.8) is 0 Å². The topological polar surface area (TPSA) is 18.5 Å². The summed E-state index contributed by atoms with van der Waals surface area (Å²) in [5, 5.41) is 5.28. The molecule has 0 fully saturated rings. The number of benzene rings is 3. The molecule has 2 nitrogen and oxygen atoms in total. The van der Waals surface area contributed by atoms with Crippen LogP contribution in [0.2, 0.25) is 0 Å². The minimum absolute atomic E-state index is 0.687. The SMILES string of the molecule is CC.CCC.CCCC[C@H](C)Cc1c(CC)c2cc(OC)c(OC)cc2c2cc(C)ccc12. The van der Waals surface area contributed by atoms with Gasteiger partial charge in [-0.15, -0.1) is 0 Å². The molecule has 0 saturated carbocycles. The number of unbranched alkanes of at least 4 members (excludes halogenated alkanes) is 1. The molecule has 0 aliphatic carbocycles. The van der Waals surface area contributed by atoms with E-state index >= 15 is 0 Å². The lowest BCUT2D eigenvalue weighted by Gasteiger charge is -2.21. The fourth-order valence-electron chi connectivity index (χ4n) is 4.46. The molecular weight excluding hydrogens is 404 g/mol. The Morgan fingerprint density at radius 1 is 0.758 bits per heavy atom. The molecule has 0 amide bonds. The summed E-state index contributed by atoms with van der Waals surface area (Å²) in [4.78, 5) is 0. The Bertz CT molecular complexity index is 988. The summed E-state index contributed by atoms with van der Waals surface area (Å²) in [6, 6.07) is 11.2. The van der Waals surface area contributed by atoms with E-state index in [1.165, 1.54) is 63.9 Å². The van der Waals surface area contributed by atoms with Gasteiger partial charge in [0, 0.05) is 0 Å². The van der Waals surface area contributed by atoms with Crippen molar-refractivity contribution in [1.82, 2.24) is 0 Å². The van der Waals surface area contributed by atoms with Gasteiger partial charge in [0.1, 0.15) is 0 Å². The second kappa shape index (κ2) is 14.8. The Morgan fingerprint density at radius 3 is 1.82 bits per heavy atom. The lowest BCUT2D eigenvalue weighted by molar-refractivity contribution is 0.356. The van der Waals surface area contributed by atoms with E-state index in [0.29, 0.717) is 5.92 Å². The predicted octanol–water partition coefficient (Wildman–Crippen LogP) is 9.69. The van der Waals surface area contributed by atoms with Gasteiger partial charge in [0.2, 0.25) is 0 Å². The summed E-state index contributed by atoms with van der Waals surface area (Å²) in [7, 11) is 3.43. The van der Waals surface area contributed by atoms with E-state index in [2.05, 4.69) is 71.9 Å². The first-order valence-electron chi connectivity index (χ1n) is 13.0. The number of hydrogen-bond donors (Lipinski definition) is 0. The Labute approximate surface area is 203 Å². The van der Waals surface area contributed by atoms with Crippen LogP contribution in [0.3, 0.4) is 0 Å². The lowest BCUT2D eigenvalue weighted by Crippen LogP contribution is -2.05. The highest BCUT2D eigenvalue weighted by molar-refractivity contribution is 6.12. The molecule has 1 atom stereocenters. The first-order valence-corrected chi connectivity index (χ1v) is 13.0. The summed E-state index contributed by atoms with van der Waals surface area (Å²) in [5.74, 6) is 2.29. The van der Waals surface area contributed by atoms with Crippen molar-refractivity contribution >= 4 is 21.5 Å². The molecule has 0 saturated heterocycles. The number of ether oxygens (including phenoxy) is 2. The molecule has 3 aromatic carbocycles. The molecule has 3 rings (SSSR count). The van der Waals surface area contributed by atoms with E-state index in [1.54, 1.807) is 14.2 Å². The average Bonchev–Trinajstić information content (AvgIpc) is 2.83. The van der Waals surface area contributed by atoms with Gasteiger partial charge in [-0.25, -0.2) is 0 Å². The summed E-state index contributed by atoms with van der Waals surface area (Å²) in [6.45, 7) is 17.4. The molecule has 0 aliphatic heterocycles. The molecule has 0 aliphatic rings. The Hall–Kier alpha value is -2.22. The minimum Gasteiger partial charge on any atom is -0.493 e. The quantitative estimate of drug-likeness (QED) is 0.317. The zero-order chi connectivity index (χ0) is 25.0. The van der Waals surface area contributed by atoms with Gasteiger partial charge in [0.25, 0.3) is 0 Å². The molecule has 2 heteroatoms. The summed E-state index contributed by atoms with van der Waals surface area (Å²) in [5.41, 5.74) is 4.26. The molecular formula is C31H48O2. The third-order valence-electron chi connectivity index (χ3n) is 5.96. The normalized spacial score (nSPS) is 11.3. The van der Waals surface area contributed by atoms with Crippen LogP contribution in [0.5, 0.6) is 11.5 Å².